The Morgan fingerprint density at radius 2 is 2.06 bits per heavy atom. The van der Waals surface area contributed by atoms with Crippen molar-refractivity contribution in [3.63, 3.8) is 0 Å². The minimum Gasteiger partial charge on any atom is -0.478 e. The maximum atomic E-state index is 13.4. The summed E-state index contributed by atoms with van der Waals surface area (Å²) in [6.45, 7) is 3.36. The van der Waals surface area contributed by atoms with Crippen LogP contribution in [0.3, 0.4) is 0 Å². The van der Waals surface area contributed by atoms with E-state index in [0.29, 0.717) is 6.07 Å². The van der Waals surface area contributed by atoms with E-state index in [1.54, 1.807) is 0 Å². The van der Waals surface area contributed by atoms with Gasteiger partial charge in [0.15, 0.2) is 9.84 Å². The zero-order chi connectivity index (χ0) is 14.1. The van der Waals surface area contributed by atoms with Gasteiger partial charge in [-0.2, -0.15) is 0 Å². The number of aromatic carboxylic acids is 1. The van der Waals surface area contributed by atoms with E-state index in [1.807, 2.05) is 0 Å². The summed E-state index contributed by atoms with van der Waals surface area (Å²) in [4.78, 5) is 10.3. The quantitative estimate of drug-likeness (QED) is 0.899. The van der Waals surface area contributed by atoms with Crippen LogP contribution in [0.15, 0.2) is 28.1 Å². The third kappa shape index (κ3) is 3.30. The van der Waals surface area contributed by atoms with Gasteiger partial charge in [-0.3, -0.25) is 0 Å². The Morgan fingerprint density at radius 1 is 1.50 bits per heavy atom. The zero-order valence-electron chi connectivity index (χ0n) is 8.78. The number of carboxylic acid groups (broad SMARTS) is 1. The molecule has 0 atom stereocenters. The van der Waals surface area contributed by atoms with Crippen LogP contribution >= 0.6 is 27.5 Å². The number of hydrogen-bond acceptors (Lipinski definition) is 3. The summed E-state index contributed by atoms with van der Waals surface area (Å²) in [5, 5.41) is 8.16. The molecule has 0 saturated carbocycles. The lowest BCUT2D eigenvalue weighted by molar-refractivity contribution is 0.0696. The first-order valence-corrected chi connectivity index (χ1v) is 7.26. The van der Waals surface area contributed by atoms with E-state index in [1.165, 1.54) is 0 Å². The number of benzene rings is 1. The van der Waals surface area contributed by atoms with Gasteiger partial charge in [-0.25, -0.2) is 17.6 Å². The first-order valence-electron chi connectivity index (χ1n) is 4.43. The smallest absolute Gasteiger partial charge is 0.337 e. The van der Waals surface area contributed by atoms with Crippen molar-refractivity contribution in [1.82, 2.24) is 0 Å². The molecular formula is C10H7BrClFO4S. The summed E-state index contributed by atoms with van der Waals surface area (Å²) in [7, 11) is -3.86. The van der Waals surface area contributed by atoms with Crippen LogP contribution in [0.25, 0.3) is 0 Å². The molecule has 0 aliphatic rings. The SMILES string of the molecule is C=C(Br)CS(=O)(=O)c1cc(F)c(Cl)c(C(=O)O)c1. The molecule has 1 rings (SSSR count). The molecule has 0 aliphatic heterocycles. The Kier molecular flexibility index (Phi) is 4.52. The third-order valence-corrected chi connectivity index (χ3v) is 4.66. The van der Waals surface area contributed by atoms with Gasteiger partial charge in [0.2, 0.25) is 0 Å². The fourth-order valence-electron chi connectivity index (χ4n) is 1.19. The lowest BCUT2D eigenvalue weighted by atomic mass is 10.2. The number of rotatable bonds is 4. The maximum Gasteiger partial charge on any atom is 0.337 e. The minimum absolute atomic E-state index is 0.176. The first-order chi connectivity index (χ1) is 8.15. The molecular weight excluding hydrogens is 351 g/mol. The highest BCUT2D eigenvalue weighted by atomic mass is 79.9. The number of sulfone groups is 1. The van der Waals surface area contributed by atoms with Crippen molar-refractivity contribution in [2.24, 2.45) is 0 Å². The monoisotopic (exact) mass is 356 g/mol. The van der Waals surface area contributed by atoms with Crippen LogP contribution in [0.4, 0.5) is 4.39 Å². The van der Waals surface area contributed by atoms with Crippen molar-refractivity contribution in [3.05, 3.63) is 39.6 Å². The Morgan fingerprint density at radius 3 is 2.50 bits per heavy atom. The van der Waals surface area contributed by atoms with Crippen LogP contribution < -0.4 is 0 Å². The summed E-state index contributed by atoms with van der Waals surface area (Å²) in [6.07, 6.45) is 0. The van der Waals surface area contributed by atoms with E-state index in [0.717, 1.165) is 6.07 Å². The highest BCUT2D eigenvalue weighted by Gasteiger charge is 2.22. The maximum absolute atomic E-state index is 13.4. The second-order valence-corrected chi connectivity index (χ2v) is 6.84. The van der Waals surface area contributed by atoms with Gasteiger partial charge in [0.25, 0.3) is 0 Å². The Bertz CT molecular complexity index is 627. The van der Waals surface area contributed by atoms with Crippen LogP contribution in [-0.2, 0) is 9.84 Å². The predicted molar refractivity (Wildman–Crippen MR) is 68.5 cm³/mol. The van der Waals surface area contributed by atoms with E-state index >= 15 is 0 Å². The van der Waals surface area contributed by atoms with Crippen LogP contribution in [0, 0.1) is 5.82 Å². The number of carboxylic acids is 1. The van der Waals surface area contributed by atoms with Crippen molar-refractivity contribution >= 4 is 43.3 Å². The first kappa shape index (κ1) is 15.1. The molecule has 0 saturated heterocycles. The summed E-state index contributed by atoms with van der Waals surface area (Å²) >= 11 is 8.32. The molecule has 8 heteroatoms. The summed E-state index contributed by atoms with van der Waals surface area (Å²) in [6, 6.07) is 1.50. The van der Waals surface area contributed by atoms with E-state index < -0.39 is 42.9 Å². The van der Waals surface area contributed by atoms with Gasteiger partial charge >= 0.3 is 5.97 Å². The van der Waals surface area contributed by atoms with Gasteiger partial charge < -0.3 is 5.11 Å². The topological polar surface area (TPSA) is 71.4 Å². The Labute approximate surface area is 116 Å². The van der Waals surface area contributed by atoms with Gasteiger partial charge in [-0.05, 0) is 12.1 Å². The van der Waals surface area contributed by atoms with Crippen LogP contribution in [0.5, 0.6) is 0 Å². The lowest BCUT2D eigenvalue weighted by Gasteiger charge is -2.07. The standard InChI is InChI=1S/C10H7BrClFO4S/c1-5(11)4-18(16,17)6-2-7(10(14)15)9(12)8(13)3-6/h2-3H,1,4H2,(H,14,15). The van der Waals surface area contributed by atoms with E-state index in [-0.39, 0.29) is 4.48 Å². The van der Waals surface area contributed by atoms with Crippen molar-refractivity contribution in [3.8, 4) is 0 Å². The molecule has 0 aliphatic carbocycles. The molecule has 1 aromatic rings. The second-order valence-electron chi connectivity index (χ2n) is 3.35. The fourth-order valence-corrected chi connectivity index (χ4v) is 3.44. The lowest BCUT2D eigenvalue weighted by Crippen LogP contribution is -2.09. The van der Waals surface area contributed by atoms with E-state index in [2.05, 4.69) is 22.5 Å². The molecule has 0 unspecified atom stereocenters. The molecule has 0 heterocycles. The van der Waals surface area contributed by atoms with Crippen molar-refractivity contribution in [2.75, 3.05) is 5.75 Å². The molecule has 1 aromatic carbocycles. The average molecular weight is 358 g/mol. The van der Waals surface area contributed by atoms with Gasteiger partial charge in [-0.1, -0.05) is 34.1 Å². The van der Waals surface area contributed by atoms with Crippen LogP contribution in [0.1, 0.15) is 10.4 Å². The van der Waals surface area contributed by atoms with Gasteiger partial charge in [0, 0.05) is 4.48 Å². The number of carbonyl (C=O) groups is 1. The summed E-state index contributed by atoms with van der Waals surface area (Å²) < 4.78 is 37.1. The van der Waals surface area contributed by atoms with E-state index in [4.69, 9.17) is 16.7 Å². The minimum atomic E-state index is -3.86. The molecule has 0 radical (unpaired) electrons. The second kappa shape index (κ2) is 5.38. The fraction of sp³-hybridized carbons (Fsp3) is 0.100. The molecule has 4 nitrogen and oxygen atoms in total. The van der Waals surface area contributed by atoms with Crippen molar-refractivity contribution in [2.45, 2.75) is 4.90 Å². The summed E-state index contributed by atoms with van der Waals surface area (Å²) in [5.74, 6) is -3.07. The molecule has 0 spiro atoms. The van der Waals surface area contributed by atoms with Crippen molar-refractivity contribution in [1.29, 1.82) is 0 Å². The average Bonchev–Trinajstić information content (AvgIpc) is 2.19. The summed E-state index contributed by atoms with van der Waals surface area (Å²) in [5.41, 5.74) is -0.601. The zero-order valence-corrected chi connectivity index (χ0v) is 11.9. The van der Waals surface area contributed by atoms with Gasteiger partial charge in [0.05, 0.1) is 21.2 Å². The predicted octanol–water partition coefficient (Wildman–Crippen LogP) is 2.86. The number of halogens is 3. The normalized spacial score (nSPS) is 11.3. The Balaban J connectivity index is 3.45. The molecule has 0 amide bonds. The molecule has 0 aromatic heterocycles. The largest absolute Gasteiger partial charge is 0.478 e. The molecule has 0 fully saturated rings. The molecule has 18 heavy (non-hydrogen) atoms. The molecule has 0 bridgehead atoms. The highest BCUT2D eigenvalue weighted by Crippen LogP contribution is 2.26. The van der Waals surface area contributed by atoms with Crippen molar-refractivity contribution < 1.29 is 22.7 Å². The van der Waals surface area contributed by atoms with E-state index in [9.17, 15) is 17.6 Å². The van der Waals surface area contributed by atoms with Gasteiger partial charge in [-0.15, -0.1) is 0 Å². The van der Waals surface area contributed by atoms with Gasteiger partial charge in [0.1, 0.15) is 5.82 Å². The third-order valence-electron chi connectivity index (χ3n) is 1.94. The van der Waals surface area contributed by atoms with Crippen LogP contribution in [0.2, 0.25) is 5.02 Å². The number of hydrogen-bond donors (Lipinski definition) is 1. The molecule has 1 N–H and O–H groups in total. The molecule has 98 valence electrons. The van der Waals surface area contributed by atoms with Crippen LogP contribution in [-0.4, -0.2) is 25.2 Å². The highest BCUT2D eigenvalue weighted by molar-refractivity contribution is 9.11. The Hall–Kier alpha value is -0.920.